The summed E-state index contributed by atoms with van der Waals surface area (Å²) in [7, 11) is 0. The minimum atomic E-state index is -0.223. The normalized spacial score (nSPS) is 18.2. The van der Waals surface area contributed by atoms with Crippen LogP contribution < -0.4 is 9.80 Å². The molecule has 0 aliphatic carbocycles. The SMILES string of the molecule is O=C(CN1CCCN(c2nc3ccccc3[nH]2)CC1)N1CCN(c2ccc(F)cc2)CC1. The molecule has 32 heavy (non-hydrogen) atoms. The van der Waals surface area contributed by atoms with Crippen molar-refractivity contribution in [1.82, 2.24) is 19.8 Å². The van der Waals surface area contributed by atoms with Crippen LogP contribution in [0.5, 0.6) is 0 Å². The maximum Gasteiger partial charge on any atom is 0.236 e. The molecule has 1 aromatic heterocycles. The highest BCUT2D eigenvalue weighted by Gasteiger charge is 2.24. The highest BCUT2D eigenvalue weighted by atomic mass is 19.1. The van der Waals surface area contributed by atoms with Gasteiger partial charge in [0.15, 0.2) is 0 Å². The zero-order valence-electron chi connectivity index (χ0n) is 18.2. The Morgan fingerprint density at radius 3 is 2.41 bits per heavy atom. The number of fused-ring (bicyclic) bond motifs is 1. The molecule has 2 aliphatic heterocycles. The highest BCUT2D eigenvalue weighted by molar-refractivity contribution is 5.79. The van der Waals surface area contributed by atoms with E-state index in [0.29, 0.717) is 19.6 Å². The van der Waals surface area contributed by atoms with Crippen molar-refractivity contribution in [2.24, 2.45) is 0 Å². The van der Waals surface area contributed by atoms with Gasteiger partial charge in [0.1, 0.15) is 5.82 Å². The molecule has 168 valence electrons. The number of carbonyl (C=O) groups is 1. The maximum absolute atomic E-state index is 13.2. The minimum Gasteiger partial charge on any atom is -0.368 e. The number of aromatic amines is 1. The van der Waals surface area contributed by atoms with Crippen LogP contribution >= 0.6 is 0 Å². The number of halogens is 1. The number of H-pyrrole nitrogens is 1. The lowest BCUT2D eigenvalue weighted by Crippen LogP contribution is -2.51. The molecule has 2 aliphatic rings. The topological polar surface area (TPSA) is 58.7 Å². The molecule has 0 radical (unpaired) electrons. The number of amides is 1. The number of aromatic nitrogens is 2. The number of para-hydroxylation sites is 2. The summed E-state index contributed by atoms with van der Waals surface area (Å²) >= 11 is 0. The van der Waals surface area contributed by atoms with Crippen molar-refractivity contribution >= 4 is 28.6 Å². The molecular weight excluding hydrogens is 407 g/mol. The largest absolute Gasteiger partial charge is 0.368 e. The van der Waals surface area contributed by atoms with Gasteiger partial charge in [-0.05, 0) is 42.8 Å². The molecule has 3 aromatic rings. The van der Waals surface area contributed by atoms with Crippen LogP contribution in [0.15, 0.2) is 48.5 Å². The Hall–Kier alpha value is -3.13. The van der Waals surface area contributed by atoms with E-state index in [0.717, 1.165) is 68.4 Å². The van der Waals surface area contributed by atoms with Gasteiger partial charge in [-0.3, -0.25) is 9.69 Å². The van der Waals surface area contributed by atoms with E-state index in [-0.39, 0.29) is 11.7 Å². The van der Waals surface area contributed by atoms with Crippen LogP contribution in [0.1, 0.15) is 6.42 Å². The molecule has 2 aromatic carbocycles. The molecule has 0 unspecified atom stereocenters. The third-order valence-corrected chi connectivity index (χ3v) is 6.45. The van der Waals surface area contributed by atoms with Gasteiger partial charge < -0.3 is 19.7 Å². The van der Waals surface area contributed by atoms with Crippen molar-refractivity contribution < 1.29 is 9.18 Å². The fourth-order valence-corrected chi connectivity index (χ4v) is 4.59. The summed E-state index contributed by atoms with van der Waals surface area (Å²) in [5.41, 5.74) is 3.05. The smallest absolute Gasteiger partial charge is 0.236 e. The lowest BCUT2D eigenvalue weighted by atomic mass is 10.2. The third kappa shape index (κ3) is 4.55. The average molecular weight is 437 g/mol. The number of anilines is 2. The molecule has 5 rings (SSSR count). The van der Waals surface area contributed by atoms with E-state index in [1.54, 1.807) is 12.1 Å². The van der Waals surface area contributed by atoms with Crippen LogP contribution in [-0.2, 0) is 4.79 Å². The quantitative estimate of drug-likeness (QED) is 0.681. The number of nitrogens with zero attached hydrogens (tertiary/aromatic N) is 5. The summed E-state index contributed by atoms with van der Waals surface area (Å²) in [5.74, 6) is 0.885. The van der Waals surface area contributed by atoms with Crippen molar-refractivity contribution in [3.05, 3.63) is 54.3 Å². The zero-order chi connectivity index (χ0) is 21.9. The second-order valence-electron chi connectivity index (χ2n) is 8.54. The van der Waals surface area contributed by atoms with E-state index in [9.17, 15) is 9.18 Å². The molecule has 2 saturated heterocycles. The Labute approximate surface area is 187 Å². The third-order valence-electron chi connectivity index (χ3n) is 6.45. The maximum atomic E-state index is 13.2. The second kappa shape index (κ2) is 9.16. The second-order valence-corrected chi connectivity index (χ2v) is 8.54. The van der Waals surface area contributed by atoms with Gasteiger partial charge >= 0.3 is 0 Å². The molecule has 1 N–H and O–H groups in total. The van der Waals surface area contributed by atoms with Crippen molar-refractivity contribution in [1.29, 1.82) is 0 Å². The zero-order valence-corrected chi connectivity index (χ0v) is 18.2. The molecule has 3 heterocycles. The predicted molar refractivity (Wildman–Crippen MR) is 125 cm³/mol. The summed E-state index contributed by atoms with van der Waals surface area (Å²) in [6.45, 7) is 6.96. The fraction of sp³-hybridized carbons (Fsp3) is 0.417. The van der Waals surface area contributed by atoms with Crippen LogP contribution in [0.4, 0.5) is 16.0 Å². The van der Waals surface area contributed by atoms with Crippen LogP contribution in [0.25, 0.3) is 11.0 Å². The molecule has 0 saturated carbocycles. The number of imidazole rings is 1. The first-order valence-electron chi connectivity index (χ1n) is 11.4. The van der Waals surface area contributed by atoms with Crippen molar-refractivity contribution in [3.63, 3.8) is 0 Å². The number of nitrogens with one attached hydrogen (secondary N) is 1. The van der Waals surface area contributed by atoms with Crippen LogP contribution in [-0.4, -0.2) is 84.6 Å². The summed E-state index contributed by atoms with van der Waals surface area (Å²) in [6.07, 6.45) is 1.00. The van der Waals surface area contributed by atoms with Gasteiger partial charge in [-0.1, -0.05) is 12.1 Å². The number of hydrogen-bond donors (Lipinski definition) is 1. The van der Waals surface area contributed by atoms with Gasteiger partial charge in [0.25, 0.3) is 0 Å². The molecule has 8 heteroatoms. The van der Waals surface area contributed by atoms with Gasteiger partial charge in [0.2, 0.25) is 11.9 Å². The van der Waals surface area contributed by atoms with E-state index in [1.807, 2.05) is 29.2 Å². The van der Waals surface area contributed by atoms with Gasteiger partial charge in [-0.15, -0.1) is 0 Å². The monoisotopic (exact) mass is 436 g/mol. The summed E-state index contributed by atoms with van der Waals surface area (Å²) in [5, 5.41) is 0. The molecule has 7 nitrogen and oxygen atoms in total. The summed E-state index contributed by atoms with van der Waals surface area (Å²) in [4.78, 5) is 29.8. The molecule has 0 spiro atoms. The first kappa shape index (κ1) is 20.8. The fourth-order valence-electron chi connectivity index (χ4n) is 4.59. The number of piperazine rings is 1. The number of hydrogen-bond acceptors (Lipinski definition) is 5. The molecule has 0 atom stereocenters. The van der Waals surface area contributed by atoms with Crippen molar-refractivity contribution in [2.75, 3.05) is 68.7 Å². The summed E-state index contributed by atoms with van der Waals surface area (Å²) in [6, 6.07) is 14.7. The number of benzene rings is 2. The Morgan fingerprint density at radius 2 is 1.62 bits per heavy atom. The lowest BCUT2D eigenvalue weighted by molar-refractivity contribution is -0.132. The Bertz CT molecular complexity index is 1030. The van der Waals surface area contributed by atoms with E-state index < -0.39 is 0 Å². The van der Waals surface area contributed by atoms with Gasteiger partial charge in [0, 0.05) is 58.0 Å². The standard InChI is InChI=1S/C24H29FN6O/c25-19-6-8-20(9-7-19)29-14-16-30(17-15-29)23(32)18-28-10-3-11-31(13-12-28)24-26-21-4-1-2-5-22(21)27-24/h1-2,4-9H,3,10-18H2,(H,26,27). The number of rotatable bonds is 4. The Morgan fingerprint density at radius 1 is 0.875 bits per heavy atom. The molecule has 2 fully saturated rings. The van der Waals surface area contributed by atoms with E-state index in [4.69, 9.17) is 4.98 Å². The van der Waals surface area contributed by atoms with Crippen LogP contribution in [0.3, 0.4) is 0 Å². The van der Waals surface area contributed by atoms with Crippen molar-refractivity contribution in [3.8, 4) is 0 Å². The molecule has 0 bridgehead atoms. The van der Waals surface area contributed by atoms with Gasteiger partial charge in [0.05, 0.1) is 17.6 Å². The Kier molecular flexibility index (Phi) is 5.94. The lowest BCUT2D eigenvalue weighted by Gasteiger charge is -2.37. The van der Waals surface area contributed by atoms with Gasteiger partial charge in [-0.25, -0.2) is 9.37 Å². The first-order chi connectivity index (χ1) is 15.7. The van der Waals surface area contributed by atoms with E-state index in [1.165, 1.54) is 12.1 Å². The van der Waals surface area contributed by atoms with Crippen LogP contribution in [0.2, 0.25) is 0 Å². The number of carbonyl (C=O) groups excluding carboxylic acids is 1. The Balaban J connectivity index is 1.12. The van der Waals surface area contributed by atoms with Crippen molar-refractivity contribution in [2.45, 2.75) is 6.42 Å². The van der Waals surface area contributed by atoms with E-state index in [2.05, 4.69) is 19.7 Å². The molecular formula is C24H29FN6O. The molecule has 1 amide bonds. The average Bonchev–Trinajstić information content (AvgIpc) is 3.12. The predicted octanol–water partition coefficient (Wildman–Crippen LogP) is 2.56. The van der Waals surface area contributed by atoms with Gasteiger partial charge in [-0.2, -0.15) is 0 Å². The minimum absolute atomic E-state index is 0.195. The van der Waals surface area contributed by atoms with E-state index >= 15 is 0 Å². The highest BCUT2D eigenvalue weighted by Crippen LogP contribution is 2.19. The first-order valence-corrected chi connectivity index (χ1v) is 11.4. The van der Waals surface area contributed by atoms with Crippen LogP contribution in [0, 0.1) is 5.82 Å². The summed E-state index contributed by atoms with van der Waals surface area (Å²) < 4.78 is 13.2.